The molecule has 27 heavy (non-hydrogen) atoms. The van der Waals surface area contributed by atoms with Gasteiger partial charge in [-0.1, -0.05) is 36.4 Å². The van der Waals surface area contributed by atoms with Crippen molar-refractivity contribution in [3.63, 3.8) is 0 Å². The molecule has 3 aliphatic rings. The standard InChI is InChI=1S/C22H31N3O2/c26-22(25-14-8-19(9-15-25)18-5-2-1-3-6-18)23-20-10-12-24(13-11-20)17-21-7-4-16-27-21/h1-3,5-6,8,20-21H,4,7,9-17H2,(H,23,26)/t21-/m0/s1. The Bertz CT molecular complexity index is 647. The van der Waals surface area contributed by atoms with Crippen LogP contribution in [-0.4, -0.2) is 67.3 Å². The smallest absolute Gasteiger partial charge is 0.317 e. The van der Waals surface area contributed by atoms with Crippen molar-refractivity contribution in [2.45, 2.75) is 44.2 Å². The number of piperidine rings is 1. The summed E-state index contributed by atoms with van der Waals surface area (Å²) < 4.78 is 5.74. The van der Waals surface area contributed by atoms with Gasteiger partial charge < -0.3 is 19.9 Å². The number of carbonyl (C=O) groups is 1. The van der Waals surface area contributed by atoms with Crippen LogP contribution < -0.4 is 5.32 Å². The molecule has 1 atom stereocenters. The highest BCUT2D eigenvalue weighted by Crippen LogP contribution is 2.22. The fourth-order valence-electron chi connectivity index (χ4n) is 4.37. The maximum absolute atomic E-state index is 12.6. The lowest BCUT2D eigenvalue weighted by Crippen LogP contribution is -2.50. The zero-order valence-corrected chi connectivity index (χ0v) is 16.1. The van der Waals surface area contributed by atoms with E-state index in [1.807, 2.05) is 11.0 Å². The Hall–Kier alpha value is -1.85. The topological polar surface area (TPSA) is 44.8 Å². The van der Waals surface area contributed by atoms with Crippen LogP contribution in [0.25, 0.3) is 5.57 Å². The minimum absolute atomic E-state index is 0.0935. The molecular formula is C22H31N3O2. The van der Waals surface area contributed by atoms with Crippen LogP contribution in [0.3, 0.4) is 0 Å². The Labute approximate surface area is 162 Å². The molecule has 2 amide bonds. The molecule has 3 aliphatic heterocycles. The second-order valence-corrected chi connectivity index (χ2v) is 7.95. The number of carbonyl (C=O) groups excluding carboxylic acids is 1. The number of hydrogen-bond acceptors (Lipinski definition) is 3. The van der Waals surface area contributed by atoms with Crippen molar-refractivity contribution in [1.29, 1.82) is 0 Å². The lowest BCUT2D eigenvalue weighted by molar-refractivity contribution is 0.0628. The molecule has 0 aliphatic carbocycles. The fourth-order valence-corrected chi connectivity index (χ4v) is 4.37. The molecule has 146 valence electrons. The first-order valence-electron chi connectivity index (χ1n) is 10.4. The third kappa shape index (κ3) is 4.90. The van der Waals surface area contributed by atoms with Gasteiger partial charge in [0.05, 0.1) is 6.10 Å². The normalized spacial score (nSPS) is 24.7. The van der Waals surface area contributed by atoms with E-state index in [1.165, 1.54) is 24.0 Å². The molecule has 1 aromatic rings. The molecule has 0 saturated carbocycles. The van der Waals surface area contributed by atoms with Gasteiger partial charge in [0.1, 0.15) is 0 Å². The van der Waals surface area contributed by atoms with Gasteiger partial charge in [0, 0.05) is 45.4 Å². The van der Waals surface area contributed by atoms with Crippen molar-refractivity contribution in [3.05, 3.63) is 42.0 Å². The molecule has 2 saturated heterocycles. The average molecular weight is 370 g/mol. The fraction of sp³-hybridized carbons (Fsp3) is 0.591. The molecule has 5 nitrogen and oxygen atoms in total. The molecule has 4 rings (SSSR count). The van der Waals surface area contributed by atoms with Crippen LogP contribution in [0, 0.1) is 0 Å². The van der Waals surface area contributed by atoms with E-state index in [4.69, 9.17) is 4.74 Å². The van der Waals surface area contributed by atoms with Crippen molar-refractivity contribution < 1.29 is 9.53 Å². The van der Waals surface area contributed by atoms with Gasteiger partial charge in [0.25, 0.3) is 0 Å². The Morgan fingerprint density at radius 3 is 2.59 bits per heavy atom. The number of hydrogen-bond donors (Lipinski definition) is 1. The minimum Gasteiger partial charge on any atom is -0.377 e. The molecule has 0 aromatic heterocycles. The van der Waals surface area contributed by atoms with Gasteiger partial charge in [-0.25, -0.2) is 4.79 Å². The van der Waals surface area contributed by atoms with Gasteiger partial charge in [0.15, 0.2) is 0 Å². The van der Waals surface area contributed by atoms with Gasteiger partial charge >= 0.3 is 6.03 Å². The summed E-state index contributed by atoms with van der Waals surface area (Å²) in [5.74, 6) is 0. The van der Waals surface area contributed by atoms with Gasteiger partial charge in [-0.15, -0.1) is 0 Å². The molecule has 2 fully saturated rings. The predicted octanol–water partition coefficient (Wildman–Crippen LogP) is 3.13. The lowest BCUT2D eigenvalue weighted by atomic mass is 10.00. The van der Waals surface area contributed by atoms with Gasteiger partial charge in [-0.2, -0.15) is 0 Å². The van der Waals surface area contributed by atoms with Crippen LogP contribution in [0.5, 0.6) is 0 Å². The van der Waals surface area contributed by atoms with Crippen LogP contribution in [0.1, 0.15) is 37.7 Å². The first-order chi connectivity index (χ1) is 13.3. The lowest BCUT2D eigenvalue weighted by Gasteiger charge is -2.35. The second kappa shape index (κ2) is 8.89. The van der Waals surface area contributed by atoms with E-state index >= 15 is 0 Å². The van der Waals surface area contributed by atoms with E-state index in [2.05, 4.69) is 40.6 Å². The Balaban J connectivity index is 1.20. The zero-order valence-electron chi connectivity index (χ0n) is 16.1. The maximum Gasteiger partial charge on any atom is 0.317 e. The van der Waals surface area contributed by atoms with Crippen LogP contribution in [0.15, 0.2) is 36.4 Å². The summed E-state index contributed by atoms with van der Waals surface area (Å²) >= 11 is 0. The van der Waals surface area contributed by atoms with Crippen molar-refractivity contribution in [1.82, 2.24) is 15.1 Å². The van der Waals surface area contributed by atoms with Gasteiger partial charge in [-0.05, 0) is 43.2 Å². The largest absolute Gasteiger partial charge is 0.377 e. The summed E-state index contributed by atoms with van der Waals surface area (Å²) in [5.41, 5.74) is 2.62. The van der Waals surface area contributed by atoms with Gasteiger partial charge in [0.2, 0.25) is 0 Å². The highest BCUT2D eigenvalue weighted by atomic mass is 16.5. The number of benzene rings is 1. The number of urea groups is 1. The molecule has 3 heterocycles. The van der Waals surface area contributed by atoms with Crippen LogP contribution in [0.4, 0.5) is 4.79 Å². The molecule has 0 spiro atoms. The predicted molar refractivity (Wildman–Crippen MR) is 108 cm³/mol. The van der Waals surface area contributed by atoms with E-state index in [1.54, 1.807) is 0 Å². The number of ether oxygens (including phenoxy) is 1. The Morgan fingerprint density at radius 1 is 1.11 bits per heavy atom. The van der Waals surface area contributed by atoms with E-state index in [0.29, 0.717) is 18.7 Å². The summed E-state index contributed by atoms with van der Waals surface area (Å²) in [6.45, 7) is 5.59. The quantitative estimate of drug-likeness (QED) is 0.887. The third-order valence-electron chi connectivity index (χ3n) is 6.04. The third-order valence-corrected chi connectivity index (χ3v) is 6.04. The van der Waals surface area contributed by atoms with Crippen LogP contribution >= 0.6 is 0 Å². The summed E-state index contributed by atoms with van der Waals surface area (Å²) in [6.07, 6.45) is 8.03. The highest BCUT2D eigenvalue weighted by Gasteiger charge is 2.26. The van der Waals surface area contributed by atoms with E-state index < -0.39 is 0 Å². The molecule has 1 N–H and O–H groups in total. The average Bonchev–Trinajstić information content (AvgIpc) is 3.23. The number of amides is 2. The second-order valence-electron chi connectivity index (χ2n) is 7.95. The van der Waals surface area contributed by atoms with Crippen LogP contribution in [0.2, 0.25) is 0 Å². The Morgan fingerprint density at radius 2 is 1.93 bits per heavy atom. The molecule has 5 heteroatoms. The SMILES string of the molecule is O=C(NC1CCN(C[C@@H]2CCCO2)CC1)N1CC=C(c2ccccc2)CC1. The van der Waals surface area contributed by atoms with E-state index in [9.17, 15) is 4.79 Å². The monoisotopic (exact) mass is 369 g/mol. The molecule has 1 aromatic carbocycles. The molecule has 0 radical (unpaired) electrons. The number of likely N-dealkylation sites (tertiary alicyclic amines) is 1. The van der Waals surface area contributed by atoms with Crippen molar-refractivity contribution in [2.24, 2.45) is 0 Å². The minimum atomic E-state index is 0.0935. The van der Waals surface area contributed by atoms with Gasteiger partial charge in [-0.3, -0.25) is 0 Å². The summed E-state index contributed by atoms with van der Waals surface area (Å²) in [4.78, 5) is 17.1. The number of rotatable bonds is 4. The van der Waals surface area contributed by atoms with Crippen molar-refractivity contribution in [3.8, 4) is 0 Å². The highest BCUT2D eigenvalue weighted by molar-refractivity contribution is 5.77. The number of nitrogens with zero attached hydrogens (tertiary/aromatic N) is 2. The first-order valence-corrected chi connectivity index (χ1v) is 10.4. The van der Waals surface area contributed by atoms with E-state index in [0.717, 1.165) is 52.0 Å². The molecule has 0 bridgehead atoms. The van der Waals surface area contributed by atoms with Crippen LogP contribution in [-0.2, 0) is 4.74 Å². The van der Waals surface area contributed by atoms with Crippen molar-refractivity contribution >= 4 is 11.6 Å². The molecule has 0 unspecified atom stereocenters. The first kappa shape index (κ1) is 18.5. The van der Waals surface area contributed by atoms with E-state index in [-0.39, 0.29) is 6.03 Å². The number of nitrogens with one attached hydrogen (secondary N) is 1. The maximum atomic E-state index is 12.6. The Kier molecular flexibility index (Phi) is 6.10. The van der Waals surface area contributed by atoms with Crippen molar-refractivity contribution in [2.75, 3.05) is 39.3 Å². The summed E-state index contributed by atoms with van der Waals surface area (Å²) in [6, 6.07) is 10.9. The summed E-state index contributed by atoms with van der Waals surface area (Å²) in [5, 5.41) is 3.26. The summed E-state index contributed by atoms with van der Waals surface area (Å²) in [7, 11) is 0. The molecular weight excluding hydrogens is 338 g/mol. The zero-order chi connectivity index (χ0) is 18.5.